The van der Waals surface area contributed by atoms with Crippen molar-refractivity contribution in [1.29, 1.82) is 0 Å². The molecule has 1 aliphatic rings. The first kappa shape index (κ1) is 17.6. The van der Waals surface area contributed by atoms with E-state index in [1.165, 1.54) is 9.91 Å². The van der Waals surface area contributed by atoms with Crippen LogP contribution in [0, 0.1) is 10.1 Å². The van der Waals surface area contributed by atoms with Crippen LogP contribution in [-0.2, 0) is 4.74 Å². The Hall–Kier alpha value is -0.410. The van der Waals surface area contributed by atoms with Gasteiger partial charge in [-0.05, 0) is 6.42 Å². The van der Waals surface area contributed by atoms with Gasteiger partial charge in [-0.2, -0.15) is 0 Å². The summed E-state index contributed by atoms with van der Waals surface area (Å²) in [7, 11) is 0. The van der Waals surface area contributed by atoms with Crippen molar-refractivity contribution in [2.75, 3.05) is 32.8 Å². The number of piperazine rings is 1. The van der Waals surface area contributed by atoms with Gasteiger partial charge in [0.2, 0.25) is 0 Å². The fourth-order valence-electron chi connectivity index (χ4n) is 1.50. The number of hydrogen-bond donors (Lipinski definition) is 0. The predicted octanol–water partition coefficient (Wildman–Crippen LogP) is -2.06. The monoisotopic (exact) mass is 268 g/mol. The number of nitrogens with zero attached hydrogens (tertiary/aromatic N) is 4. The minimum absolute atomic E-state index is 0. The van der Waals surface area contributed by atoms with E-state index in [4.69, 9.17) is 4.74 Å². The van der Waals surface area contributed by atoms with Gasteiger partial charge in [-0.25, -0.2) is 9.80 Å². The average Bonchev–Trinajstić information content (AvgIpc) is 2.38. The minimum Gasteiger partial charge on any atom is -0.724 e. The third kappa shape index (κ3) is 5.49. The van der Waals surface area contributed by atoms with Gasteiger partial charge in [0, 0.05) is 26.2 Å². The molecule has 0 spiro atoms. The van der Waals surface area contributed by atoms with Crippen molar-refractivity contribution in [3.8, 4) is 0 Å². The molecule has 0 atom stereocenters. The summed E-state index contributed by atoms with van der Waals surface area (Å²) in [4.78, 5) is 23.1. The van der Waals surface area contributed by atoms with Crippen LogP contribution in [0.1, 0.15) is 19.8 Å². The van der Waals surface area contributed by atoms with Crippen LogP contribution in [0.2, 0.25) is 0 Å². The molecule has 0 unspecified atom stereocenters. The molecule has 9 heteroatoms. The van der Waals surface area contributed by atoms with Crippen LogP contribution < -0.4 is 29.6 Å². The van der Waals surface area contributed by atoms with Gasteiger partial charge in [-0.1, -0.05) is 13.3 Å². The maximum atomic E-state index is 11.5. The number of unbranched alkanes of at least 4 members (excludes halogenated alkanes) is 1. The number of hydrazine groups is 1. The Bertz CT molecular complexity index is 261. The largest absolute Gasteiger partial charge is 1.00 e. The standard InChI is InChI=1S/C9H17N4O4.Na/c1-2-3-8-17-9(14)11-4-6-12(7-5-11)13(16)10-15;/h2-8H2,1H3;/q-1;+1. The maximum absolute atomic E-state index is 11.5. The summed E-state index contributed by atoms with van der Waals surface area (Å²) in [6.45, 7) is 3.73. The Morgan fingerprint density at radius 3 is 2.50 bits per heavy atom. The summed E-state index contributed by atoms with van der Waals surface area (Å²) >= 11 is 0. The molecule has 0 saturated carbocycles. The molecule has 98 valence electrons. The van der Waals surface area contributed by atoms with Crippen molar-refractivity contribution >= 4 is 6.09 Å². The fraction of sp³-hybridized carbons (Fsp3) is 0.889. The molecule has 1 fully saturated rings. The molecule has 8 nitrogen and oxygen atoms in total. The summed E-state index contributed by atoms with van der Waals surface area (Å²) in [5, 5.41) is 14.4. The van der Waals surface area contributed by atoms with Crippen molar-refractivity contribution in [2.24, 2.45) is 5.29 Å². The third-order valence-corrected chi connectivity index (χ3v) is 2.55. The van der Waals surface area contributed by atoms with E-state index >= 15 is 0 Å². The fourth-order valence-corrected chi connectivity index (χ4v) is 1.50. The summed E-state index contributed by atoms with van der Waals surface area (Å²) in [6, 6.07) is 0. The molecule has 1 rings (SSSR count). The first-order valence-corrected chi connectivity index (χ1v) is 5.66. The van der Waals surface area contributed by atoms with E-state index in [1.54, 1.807) is 0 Å². The molecule has 0 bridgehead atoms. The molecule has 1 saturated heterocycles. The Balaban J connectivity index is 0.00000289. The van der Waals surface area contributed by atoms with Gasteiger partial charge >= 0.3 is 35.7 Å². The van der Waals surface area contributed by atoms with Crippen molar-refractivity contribution < 1.29 is 39.1 Å². The second-order valence-corrected chi connectivity index (χ2v) is 3.74. The van der Waals surface area contributed by atoms with Gasteiger partial charge in [-0.3, -0.25) is 5.28 Å². The van der Waals surface area contributed by atoms with Gasteiger partial charge in [-0.15, -0.1) is 4.91 Å². The molecule has 0 aromatic rings. The van der Waals surface area contributed by atoms with E-state index < -0.39 is 0 Å². The minimum atomic E-state index is -0.366. The van der Waals surface area contributed by atoms with Crippen LogP contribution in [0.4, 0.5) is 4.79 Å². The molecule has 0 aliphatic carbocycles. The maximum Gasteiger partial charge on any atom is 1.00 e. The summed E-state index contributed by atoms with van der Waals surface area (Å²) in [5.74, 6) is 0. The normalized spacial score (nSPS) is 15.8. The van der Waals surface area contributed by atoms with Gasteiger partial charge in [0.25, 0.3) is 0 Å². The third-order valence-electron chi connectivity index (χ3n) is 2.55. The van der Waals surface area contributed by atoms with Gasteiger partial charge in [0.15, 0.2) is 0 Å². The quantitative estimate of drug-likeness (QED) is 0.246. The molecular formula is C9H17N4NaO4. The Labute approximate surface area is 128 Å². The zero-order chi connectivity index (χ0) is 12.7. The molecular weight excluding hydrogens is 251 g/mol. The predicted molar refractivity (Wildman–Crippen MR) is 60.4 cm³/mol. The van der Waals surface area contributed by atoms with Gasteiger partial charge in [0.05, 0.1) is 11.9 Å². The zero-order valence-corrected chi connectivity index (χ0v) is 12.9. The second kappa shape index (κ2) is 9.51. The number of carbonyl (C=O) groups excluding carboxylic acids is 1. The molecule has 0 radical (unpaired) electrons. The van der Waals surface area contributed by atoms with E-state index in [0.29, 0.717) is 19.7 Å². The van der Waals surface area contributed by atoms with Crippen LogP contribution in [0.5, 0.6) is 0 Å². The first-order chi connectivity index (χ1) is 8.19. The smallest absolute Gasteiger partial charge is 0.724 e. The summed E-state index contributed by atoms with van der Waals surface area (Å²) < 4.78 is 5.04. The van der Waals surface area contributed by atoms with Crippen LogP contribution in [0.3, 0.4) is 0 Å². The molecule has 0 N–H and O–H groups in total. The number of hydrogen-bond acceptors (Lipinski definition) is 6. The number of amides is 1. The van der Waals surface area contributed by atoms with Crippen molar-refractivity contribution in [3.63, 3.8) is 0 Å². The first-order valence-electron chi connectivity index (χ1n) is 5.66. The van der Waals surface area contributed by atoms with E-state index in [0.717, 1.165) is 12.8 Å². The number of rotatable bonds is 5. The van der Waals surface area contributed by atoms with Crippen molar-refractivity contribution in [1.82, 2.24) is 15.2 Å². The van der Waals surface area contributed by atoms with Gasteiger partial charge < -0.3 is 14.8 Å². The number of ether oxygens (including phenoxy) is 1. The topological polar surface area (TPSA) is 88.5 Å². The van der Waals surface area contributed by atoms with Crippen molar-refractivity contribution in [2.45, 2.75) is 19.8 Å². The number of nitroso groups, excluding NO2 is 1. The molecule has 18 heavy (non-hydrogen) atoms. The Kier molecular flexibility index (Phi) is 9.29. The molecule has 0 aromatic heterocycles. The van der Waals surface area contributed by atoms with E-state index in [9.17, 15) is 14.9 Å². The van der Waals surface area contributed by atoms with Crippen LogP contribution >= 0.6 is 0 Å². The van der Waals surface area contributed by atoms with E-state index in [-0.39, 0.29) is 54.0 Å². The van der Waals surface area contributed by atoms with Crippen LogP contribution in [0.15, 0.2) is 5.29 Å². The molecule has 1 heterocycles. The SMILES string of the molecule is CCCCOC(=O)N1CCN(N([O-])N=O)CC1.[Na+]. The molecule has 0 aromatic carbocycles. The zero-order valence-electron chi connectivity index (χ0n) is 10.9. The van der Waals surface area contributed by atoms with E-state index in [1.807, 2.05) is 6.92 Å². The molecule has 1 aliphatic heterocycles. The molecule has 1 amide bonds. The number of carbonyl (C=O) groups is 1. The summed E-state index contributed by atoms with van der Waals surface area (Å²) in [6.07, 6.45) is 1.45. The van der Waals surface area contributed by atoms with Crippen LogP contribution in [0.25, 0.3) is 0 Å². The Morgan fingerprint density at radius 1 is 1.39 bits per heavy atom. The second-order valence-electron chi connectivity index (χ2n) is 3.74. The average molecular weight is 268 g/mol. The summed E-state index contributed by atoms with van der Waals surface area (Å²) in [5.41, 5.74) is 0. The van der Waals surface area contributed by atoms with Crippen LogP contribution in [-0.4, -0.2) is 54.1 Å². The Morgan fingerprint density at radius 2 is 2.00 bits per heavy atom. The van der Waals surface area contributed by atoms with E-state index in [2.05, 4.69) is 5.29 Å². The van der Waals surface area contributed by atoms with Gasteiger partial charge in [0.1, 0.15) is 0 Å². The van der Waals surface area contributed by atoms with Crippen molar-refractivity contribution in [3.05, 3.63) is 10.1 Å².